The number of carbonyl (C=O) groups is 2. The first-order valence-electron chi connectivity index (χ1n) is 42.6. The molecule has 1 aliphatic rings. The van der Waals surface area contributed by atoms with Gasteiger partial charge in [-0.1, -0.05) is 398 Å². The van der Waals surface area contributed by atoms with Gasteiger partial charge in [0.2, 0.25) is 5.91 Å². The number of esters is 1. The van der Waals surface area contributed by atoms with Crippen LogP contribution in [-0.2, 0) is 23.8 Å². The number of carbonyl (C=O) groups excluding carboxylic acids is 2. The van der Waals surface area contributed by atoms with Crippen molar-refractivity contribution in [3.63, 3.8) is 0 Å². The molecule has 0 radical (unpaired) electrons. The van der Waals surface area contributed by atoms with Gasteiger partial charge in [0.1, 0.15) is 24.4 Å². The van der Waals surface area contributed by atoms with Crippen molar-refractivity contribution in [2.45, 2.75) is 487 Å². The fraction of sp³-hybridized carbons (Fsp3) is 0.929. The third-order valence-electron chi connectivity index (χ3n) is 20.6. The second-order valence-corrected chi connectivity index (χ2v) is 29.9. The maximum Gasteiger partial charge on any atom is 0.305 e. The molecule has 1 saturated heterocycles. The quantitative estimate of drug-likeness (QED) is 0.0195. The minimum atomic E-state index is -1.57. The van der Waals surface area contributed by atoms with E-state index in [0.29, 0.717) is 19.4 Å². The number of unbranched alkanes of at least 4 members (excludes halogenated alkanes) is 61. The summed E-state index contributed by atoms with van der Waals surface area (Å²) in [6.45, 7) is 4.41. The number of ether oxygens (including phenoxy) is 3. The van der Waals surface area contributed by atoms with Crippen LogP contribution in [0.3, 0.4) is 0 Å². The molecular formula is C85H163NO10. The molecule has 1 amide bonds. The van der Waals surface area contributed by atoms with Crippen LogP contribution >= 0.6 is 0 Å². The van der Waals surface area contributed by atoms with E-state index in [1.807, 2.05) is 6.08 Å². The van der Waals surface area contributed by atoms with Gasteiger partial charge in [0.15, 0.2) is 6.29 Å². The lowest BCUT2D eigenvalue weighted by molar-refractivity contribution is -0.302. The van der Waals surface area contributed by atoms with E-state index >= 15 is 0 Å². The molecule has 7 atom stereocenters. The van der Waals surface area contributed by atoms with Gasteiger partial charge >= 0.3 is 5.97 Å². The van der Waals surface area contributed by atoms with Gasteiger partial charge in [-0.15, -0.1) is 0 Å². The minimum absolute atomic E-state index is 0.0213. The average Bonchev–Trinajstić information content (AvgIpc) is 0.843. The van der Waals surface area contributed by atoms with Gasteiger partial charge in [0.05, 0.1) is 32.0 Å². The lowest BCUT2D eigenvalue weighted by Gasteiger charge is -2.40. The lowest BCUT2D eigenvalue weighted by atomic mass is 9.99. The normalized spacial score (nSPS) is 17.3. The zero-order chi connectivity index (χ0) is 69.4. The van der Waals surface area contributed by atoms with Crippen molar-refractivity contribution < 1.29 is 49.3 Å². The fourth-order valence-electron chi connectivity index (χ4n) is 13.9. The SMILES string of the molecule is CCCCCCCCCCCCC/C=C/C(O)C(COC1OC(CO)C(O)C(O)C1O)NC(=O)CCCCCCCCCCCCCCCCCCC/C=C\CCCCCCCCCCCCCCCCCCCCOC(=O)CCCCCCCCCCCCCCCCCC. The Morgan fingerprint density at radius 3 is 1.00 bits per heavy atom. The molecule has 0 saturated carbocycles. The summed E-state index contributed by atoms with van der Waals surface area (Å²) < 4.78 is 16.8. The summed E-state index contributed by atoms with van der Waals surface area (Å²) in [5, 5.41) is 54.6. The van der Waals surface area contributed by atoms with E-state index in [4.69, 9.17) is 14.2 Å². The molecule has 1 heterocycles. The van der Waals surface area contributed by atoms with Crippen LogP contribution in [0.15, 0.2) is 24.3 Å². The second-order valence-electron chi connectivity index (χ2n) is 29.9. The molecule has 568 valence electrons. The smallest absolute Gasteiger partial charge is 0.305 e. The van der Waals surface area contributed by atoms with Crippen LogP contribution in [0.1, 0.15) is 444 Å². The van der Waals surface area contributed by atoms with Gasteiger partial charge in [-0.05, 0) is 57.8 Å². The summed E-state index contributed by atoms with van der Waals surface area (Å²) in [7, 11) is 0. The Hall–Kier alpha value is -1.86. The first kappa shape index (κ1) is 92.2. The Balaban J connectivity index is 1.87. The molecule has 11 nitrogen and oxygen atoms in total. The lowest BCUT2D eigenvalue weighted by Crippen LogP contribution is -2.60. The third-order valence-corrected chi connectivity index (χ3v) is 20.6. The van der Waals surface area contributed by atoms with E-state index in [9.17, 15) is 35.1 Å². The fourth-order valence-corrected chi connectivity index (χ4v) is 13.9. The highest BCUT2D eigenvalue weighted by molar-refractivity contribution is 5.76. The molecule has 0 spiro atoms. The Kier molecular flexibility index (Phi) is 71.4. The van der Waals surface area contributed by atoms with Crippen molar-refractivity contribution in [1.29, 1.82) is 0 Å². The molecule has 0 aromatic rings. The summed E-state index contributed by atoms with van der Waals surface area (Å²) in [6, 6.07) is -0.806. The highest BCUT2D eigenvalue weighted by atomic mass is 16.7. The monoisotopic (exact) mass is 1360 g/mol. The molecule has 1 aliphatic heterocycles. The summed E-state index contributed by atoms with van der Waals surface area (Å²) in [6.07, 6.45) is 86.6. The van der Waals surface area contributed by atoms with Gasteiger partial charge in [-0.3, -0.25) is 9.59 Å². The first-order valence-corrected chi connectivity index (χ1v) is 42.6. The number of nitrogens with one attached hydrogen (secondary N) is 1. The van der Waals surface area contributed by atoms with Crippen LogP contribution in [-0.4, -0.2) is 100 Å². The van der Waals surface area contributed by atoms with Gasteiger partial charge < -0.3 is 45.1 Å². The van der Waals surface area contributed by atoms with Gasteiger partial charge in [-0.25, -0.2) is 0 Å². The molecule has 0 aromatic heterocycles. The summed E-state index contributed by atoms with van der Waals surface area (Å²) in [4.78, 5) is 25.2. The van der Waals surface area contributed by atoms with Crippen LogP contribution in [0, 0.1) is 0 Å². The van der Waals surface area contributed by atoms with Crippen molar-refractivity contribution in [2.24, 2.45) is 0 Å². The Morgan fingerprint density at radius 2 is 0.667 bits per heavy atom. The number of allylic oxidation sites excluding steroid dienone is 3. The van der Waals surface area contributed by atoms with E-state index < -0.39 is 49.5 Å². The standard InChI is InChI=1S/C85H163NO10/c1-3-5-7-9-11-13-15-17-18-45-49-53-57-61-65-69-73-81(90)94-74-70-66-62-58-54-50-46-43-41-39-37-35-33-31-29-27-25-23-21-19-20-22-24-26-28-30-32-34-36-38-40-42-44-48-52-56-60-64-68-72-80(89)86-77(76-95-85-84(93)83(92)82(91)79(75-87)96-85)78(88)71-67-63-59-55-51-47-16-14-12-10-8-6-4-2/h19-20,67,71,77-79,82-85,87-88,91-93H,3-18,21-66,68-70,72-76H2,1-2H3,(H,86,89)/b20-19-,71-67+. The summed E-state index contributed by atoms with van der Waals surface area (Å²) in [5.41, 5.74) is 0. The molecule has 96 heavy (non-hydrogen) atoms. The number of hydrogen-bond acceptors (Lipinski definition) is 10. The minimum Gasteiger partial charge on any atom is -0.466 e. The predicted molar refractivity (Wildman–Crippen MR) is 408 cm³/mol. The molecule has 11 heteroatoms. The molecule has 0 bridgehead atoms. The van der Waals surface area contributed by atoms with Crippen LogP contribution in [0.2, 0.25) is 0 Å². The topological polar surface area (TPSA) is 175 Å². The number of aliphatic hydroxyl groups excluding tert-OH is 5. The highest BCUT2D eigenvalue weighted by Gasteiger charge is 2.44. The second kappa shape index (κ2) is 74.3. The third kappa shape index (κ3) is 62.0. The maximum atomic E-state index is 13.1. The maximum absolute atomic E-state index is 13.1. The van der Waals surface area contributed by atoms with E-state index in [0.717, 1.165) is 51.4 Å². The number of rotatable bonds is 77. The van der Waals surface area contributed by atoms with Crippen molar-refractivity contribution in [3.05, 3.63) is 24.3 Å². The van der Waals surface area contributed by atoms with Crippen LogP contribution in [0.4, 0.5) is 0 Å². The van der Waals surface area contributed by atoms with Crippen molar-refractivity contribution in [3.8, 4) is 0 Å². The van der Waals surface area contributed by atoms with E-state index in [1.165, 1.54) is 366 Å². The molecular weight excluding hydrogens is 1190 g/mol. The molecule has 7 unspecified atom stereocenters. The Morgan fingerprint density at radius 1 is 0.375 bits per heavy atom. The van der Waals surface area contributed by atoms with Crippen molar-refractivity contribution >= 4 is 11.9 Å². The van der Waals surface area contributed by atoms with Crippen LogP contribution in [0.5, 0.6) is 0 Å². The van der Waals surface area contributed by atoms with E-state index in [1.54, 1.807) is 6.08 Å². The molecule has 1 rings (SSSR count). The van der Waals surface area contributed by atoms with Crippen LogP contribution < -0.4 is 5.32 Å². The predicted octanol–water partition coefficient (Wildman–Crippen LogP) is 23.5. The average molecular weight is 1360 g/mol. The van der Waals surface area contributed by atoms with Gasteiger partial charge in [0.25, 0.3) is 0 Å². The molecule has 0 aromatic carbocycles. The Bertz CT molecular complexity index is 1640. The number of hydrogen-bond donors (Lipinski definition) is 6. The molecule has 0 aliphatic carbocycles. The highest BCUT2D eigenvalue weighted by Crippen LogP contribution is 2.24. The van der Waals surface area contributed by atoms with Crippen molar-refractivity contribution in [2.75, 3.05) is 19.8 Å². The number of aliphatic hydroxyl groups is 5. The van der Waals surface area contributed by atoms with Crippen LogP contribution in [0.25, 0.3) is 0 Å². The molecule has 6 N–H and O–H groups in total. The first-order chi connectivity index (χ1) is 47.2. The largest absolute Gasteiger partial charge is 0.466 e. The number of amides is 1. The summed E-state index contributed by atoms with van der Waals surface area (Å²) in [5.74, 6) is -0.153. The summed E-state index contributed by atoms with van der Waals surface area (Å²) >= 11 is 0. The zero-order valence-electron chi connectivity index (χ0n) is 63.6. The van der Waals surface area contributed by atoms with Gasteiger partial charge in [-0.2, -0.15) is 0 Å². The van der Waals surface area contributed by atoms with Gasteiger partial charge in [0, 0.05) is 12.8 Å². The van der Waals surface area contributed by atoms with E-state index in [-0.39, 0.29) is 18.5 Å². The zero-order valence-corrected chi connectivity index (χ0v) is 63.6. The van der Waals surface area contributed by atoms with E-state index in [2.05, 4.69) is 31.3 Å². The van der Waals surface area contributed by atoms with Crippen molar-refractivity contribution in [1.82, 2.24) is 5.32 Å². The Labute approximate surface area is 594 Å². The molecule has 1 fully saturated rings.